The number of amides is 1. The largest absolute Gasteiger partial charge is 0.364 e. The lowest BCUT2D eigenvalue weighted by molar-refractivity contribution is -0.144. The number of nitrogens with zero attached hydrogens (tertiary/aromatic N) is 1. The Labute approximate surface area is 137 Å². The molecule has 2 fully saturated rings. The van der Waals surface area contributed by atoms with Crippen molar-refractivity contribution in [2.45, 2.75) is 50.5 Å². The first-order valence-corrected chi connectivity index (χ1v) is 8.47. The van der Waals surface area contributed by atoms with Gasteiger partial charge >= 0.3 is 0 Å². The Morgan fingerprint density at radius 3 is 2.77 bits per heavy atom. The van der Waals surface area contributed by atoms with Crippen LogP contribution in [0.5, 0.6) is 0 Å². The van der Waals surface area contributed by atoms with Crippen molar-refractivity contribution in [2.75, 3.05) is 6.54 Å². The van der Waals surface area contributed by atoms with Crippen LogP contribution in [0, 0.1) is 5.82 Å². The molecule has 2 aliphatic rings. The van der Waals surface area contributed by atoms with E-state index in [-0.39, 0.29) is 23.9 Å². The maximum absolute atomic E-state index is 14.0. The Hall–Kier alpha value is -0.980. The molecule has 1 aromatic rings. The van der Waals surface area contributed by atoms with E-state index in [2.05, 4.69) is 15.9 Å². The third-order valence-electron chi connectivity index (χ3n) is 4.27. The van der Waals surface area contributed by atoms with E-state index in [0.717, 1.165) is 23.7 Å². The molecule has 0 unspecified atom stereocenters. The molecule has 3 rings (SSSR count). The summed E-state index contributed by atoms with van der Waals surface area (Å²) >= 11 is 3.35. The molecule has 4 nitrogen and oxygen atoms in total. The second kappa shape index (κ2) is 6.64. The van der Waals surface area contributed by atoms with Crippen molar-refractivity contribution in [1.82, 2.24) is 4.90 Å². The molecule has 0 spiro atoms. The van der Waals surface area contributed by atoms with Gasteiger partial charge in [-0.15, -0.1) is 0 Å². The van der Waals surface area contributed by atoms with Gasteiger partial charge in [-0.2, -0.15) is 0 Å². The van der Waals surface area contributed by atoms with Gasteiger partial charge in [-0.1, -0.05) is 15.9 Å². The zero-order valence-electron chi connectivity index (χ0n) is 12.3. The van der Waals surface area contributed by atoms with E-state index in [0.29, 0.717) is 25.1 Å². The predicted octanol–water partition coefficient (Wildman–Crippen LogP) is 2.59. The molecule has 1 heterocycles. The van der Waals surface area contributed by atoms with E-state index in [1.54, 1.807) is 17.0 Å². The Balaban J connectivity index is 1.73. The highest BCUT2D eigenvalue weighted by molar-refractivity contribution is 9.10. The van der Waals surface area contributed by atoms with Gasteiger partial charge in [0.25, 0.3) is 5.91 Å². The van der Waals surface area contributed by atoms with Gasteiger partial charge in [0.05, 0.1) is 6.10 Å². The normalized spacial score (nSPS) is 24.5. The van der Waals surface area contributed by atoms with Crippen LogP contribution in [0.3, 0.4) is 0 Å². The molecule has 1 aliphatic carbocycles. The maximum Gasteiger partial charge on any atom is 0.252 e. The van der Waals surface area contributed by atoms with Crippen molar-refractivity contribution >= 4 is 21.8 Å². The molecule has 0 aromatic heterocycles. The molecule has 2 N–H and O–H groups in total. The Morgan fingerprint density at radius 2 is 2.14 bits per heavy atom. The fourth-order valence-corrected chi connectivity index (χ4v) is 3.28. The first kappa shape index (κ1) is 15.9. The first-order chi connectivity index (χ1) is 10.6. The number of benzene rings is 1. The zero-order valence-corrected chi connectivity index (χ0v) is 13.9. The number of rotatable bonds is 5. The molecule has 120 valence electrons. The fraction of sp³-hybridized carbons (Fsp3) is 0.562. The molecule has 1 amide bonds. The lowest BCUT2D eigenvalue weighted by atomic mass is 10.1. The highest BCUT2D eigenvalue weighted by Gasteiger charge is 2.39. The van der Waals surface area contributed by atoms with E-state index in [1.807, 2.05) is 0 Å². The molecule has 6 heteroatoms. The monoisotopic (exact) mass is 370 g/mol. The number of nitrogens with two attached hydrogens (primary N) is 1. The lowest BCUT2D eigenvalue weighted by Gasteiger charge is -2.26. The molecule has 1 aliphatic heterocycles. The quantitative estimate of drug-likeness (QED) is 0.866. The summed E-state index contributed by atoms with van der Waals surface area (Å²) in [6, 6.07) is 5.03. The van der Waals surface area contributed by atoms with E-state index in [4.69, 9.17) is 10.5 Å². The van der Waals surface area contributed by atoms with Crippen LogP contribution in [-0.2, 0) is 16.1 Å². The molecular formula is C16H20BrFN2O2. The number of ether oxygens (including phenoxy) is 1. The van der Waals surface area contributed by atoms with Crippen molar-refractivity contribution in [3.8, 4) is 0 Å². The Morgan fingerprint density at radius 1 is 1.36 bits per heavy atom. The number of halogens is 2. The number of carbonyl (C=O) groups excluding carboxylic acids is 1. The number of hydrogen-bond acceptors (Lipinski definition) is 3. The molecule has 1 saturated heterocycles. The van der Waals surface area contributed by atoms with Gasteiger partial charge in [-0.05, 0) is 43.9 Å². The van der Waals surface area contributed by atoms with Crippen LogP contribution < -0.4 is 5.73 Å². The summed E-state index contributed by atoms with van der Waals surface area (Å²) in [5.74, 6) is -0.313. The van der Waals surface area contributed by atoms with Gasteiger partial charge in [0, 0.05) is 29.2 Å². The molecule has 0 bridgehead atoms. The van der Waals surface area contributed by atoms with Gasteiger partial charge < -0.3 is 15.4 Å². The molecule has 0 radical (unpaired) electrons. The summed E-state index contributed by atoms with van der Waals surface area (Å²) < 4.78 is 20.5. The summed E-state index contributed by atoms with van der Waals surface area (Å²) in [6.45, 7) is 0.732. The van der Waals surface area contributed by atoms with Crippen LogP contribution in [0.2, 0.25) is 0 Å². The first-order valence-electron chi connectivity index (χ1n) is 7.68. The van der Waals surface area contributed by atoms with Crippen LogP contribution in [-0.4, -0.2) is 35.6 Å². The Kier molecular flexibility index (Phi) is 4.80. The zero-order chi connectivity index (χ0) is 15.7. The lowest BCUT2D eigenvalue weighted by Crippen LogP contribution is -2.40. The fourth-order valence-electron chi connectivity index (χ4n) is 2.87. The predicted molar refractivity (Wildman–Crippen MR) is 84.6 cm³/mol. The van der Waals surface area contributed by atoms with E-state index < -0.39 is 6.10 Å². The molecule has 2 atom stereocenters. The second-order valence-corrected chi connectivity index (χ2v) is 6.91. The van der Waals surface area contributed by atoms with Crippen molar-refractivity contribution in [3.05, 3.63) is 34.1 Å². The van der Waals surface area contributed by atoms with E-state index in [9.17, 15) is 9.18 Å². The molecule has 22 heavy (non-hydrogen) atoms. The maximum atomic E-state index is 14.0. The highest BCUT2D eigenvalue weighted by atomic mass is 79.9. The molecular weight excluding hydrogens is 351 g/mol. The summed E-state index contributed by atoms with van der Waals surface area (Å²) in [4.78, 5) is 14.5. The van der Waals surface area contributed by atoms with Crippen molar-refractivity contribution < 1.29 is 13.9 Å². The van der Waals surface area contributed by atoms with Gasteiger partial charge in [0.15, 0.2) is 0 Å². The third kappa shape index (κ3) is 3.50. The van der Waals surface area contributed by atoms with Crippen LogP contribution in [0.4, 0.5) is 4.39 Å². The van der Waals surface area contributed by atoms with Crippen LogP contribution in [0.1, 0.15) is 31.2 Å². The van der Waals surface area contributed by atoms with Crippen molar-refractivity contribution in [2.24, 2.45) is 5.73 Å². The minimum absolute atomic E-state index is 0.0298. The third-order valence-corrected chi connectivity index (χ3v) is 4.76. The molecule has 1 aromatic carbocycles. The summed E-state index contributed by atoms with van der Waals surface area (Å²) in [5, 5.41) is 0. The minimum Gasteiger partial charge on any atom is -0.364 e. The summed E-state index contributed by atoms with van der Waals surface area (Å²) in [6.07, 6.45) is 3.02. The van der Waals surface area contributed by atoms with Gasteiger partial charge in [0.1, 0.15) is 11.9 Å². The second-order valence-electron chi connectivity index (χ2n) is 5.99. The van der Waals surface area contributed by atoms with Gasteiger partial charge in [-0.25, -0.2) is 4.39 Å². The van der Waals surface area contributed by atoms with Gasteiger partial charge in [0.2, 0.25) is 0 Å². The van der Waals surface area contributed by atoms with E-state index in [1.165, 1.54) is 6.07 Å². The average molecular weight is 371 g/mol. The Bertz CT molecular complexity index is 565. The molecule has 1 saturated carbocycles. The van der Waals surface area contributed by atoms with Crippen LogP contribution in [0.25, 0.3) is 0 Å². The van der Waals surface area contributed by atoms with Gasteiger partial charge in [-0.3, -0.25) is 4.79 Å². The number of hydrogen-bond donors (Lipinski definition) is 1. The summed E-state index contributed by atoms with van der Waals surface area (Å²) in [7, 11) is 0. The smallest absolute Gasteiger partial charge is 0.252 e. The van der Waals surface area contributed by atoms with Crippen LogP contribution >= 0.6 is 15.9 Å². The highest BCUT2D eigenvalue weighted by Crippen LogP contribution is 2.32. The number of carbonyl (C=O) groups is 1. The SMILES string of the molecule is NC[C@H]1CC[C@@H](C(=O)N(Cc2cc(Br)ccc2F)C2CC2)O1. The van der Waals surface area contributed by atoms with Crippen molar-refractivity contribution in [3.63, 3.8) is 0 Å². The standard InChI is InChI=1S/C16H20BrFN2O2/c17-11-1-5-14(18)10(7-11)9-20(12-2-3-12)16(21)15-6-4-13(8-19)22-15/h1,5,7,12-13,15H,2-4,6,8-9,19H2/t13-,15+/m1/s1. The average Bonchev–Trinajstić information content (AvgIpc) is 3.23. The topological polar surface area (TPSA) is 55.6 Å². The van der Waals surface area contributed by atoms with Crippen LogP contribution in [0.15, 0.2) is 22.7 Å². The van der Waals surface area contributed by atoms with Crippen molar-refractivity contribution in [1.29, 1.82) is 0 Å². The summed E-state index contributed by atoms with van der Waals surface area (Å²) in [5.41, 5.74) is 6.13. The minimum atomic E-state index is -0.427. The van der Waals surface area contributed by atoms with E-state index >= 15 is 0 Å².